The van der Waals surface area contributed by atoms with Crippen LogP contribution in [0.3, 0.4) is 0 Å². The van der Waals surface area contributed by atoms with Crippen LogP contribution in [0.25, 0.3) is 0 Å². The van der Waals surface area contributed by atoms with Gasteiger partial charge in [-0.2, -0.15) is 0 Å². The molecule has 1 fully saturated rings. The highest BCUT2D eigenvalue weighted by molar-refractivity contribution is 4.80. The summed E-state index contributed by atoms with van der Waals surface area (Å²) in [4.78, 5) is 2.72. The van der Waals surface area contributed by atoms with Crippen LogP contribution < -0.4 is 5.32 Å². The fourth-order valence-corrected chi connectivity index (χ4v) is 2.85. The lowest BCUT2D eigenvalue weighted by Crippen LogP contribution is -2.47. The maximum Gasteiger partial charge on any atom is 0.0587 e. The van der Waals surface area contributed by atoms with E-state index in [-0.39, 0.29) is 0 Å². The van der Waals surface area contributed by atoms with Crippen molar-refractivity contribution in [2.24, 2.45) is 5.92 Å². The average molecular weight is 256 g/mol. The van der Waals surface area contributed by atoms with E-state index in [2.05, 4.69) is 24.1 Å². The SMILES string of the molecule is CCC(CC)CN1CCCCC1CNCCOC. The molecule has 108 valence electrons. The standard InChI is InChI=1S/C15H32N2O/c1-4-14(5-2)13-17-10-7-6-8-15(17)12-16-9-11-18-3/h14-16H,4-13H2,1-3H3. The van der Waals surface area contributed by atoms with Gasteiger partial charge in [-0.15, -0.1) is 0 Å². The van der Waals surface area contributed by atoms with E-state index in [9.17, 15) is 0 Å². The van der Waals surface area contributed by atoms with Gasteiger partial charge in [0.05, 0.1) is 6.61 Å². The van der Waals surface area contributed by atoms with Crippen molar-refractivity contribution in [3.05, 3.63) is 0 Å². The summed E-state index contributed by atoms with van der Waals surface area (Å²) in [6.07, 6.45) is 6.78. The normalized spacial score (nSPS) is 21.7. The Bertz CT molecular complexity index is 195. The molecule has 0 aromatic rings. The van der Waals surface area contributed by atoms with Gasteiger partial charge in [-0.1, -0.05) is 33.1 Å². The molecule has 3 heteroatoms. The number of nitrogens with one attached hydrogen (secondary N) is 1. The van der Waals surface area contributed by atoms with Crippen LogP contribution >= 0.6 is 0 Å². The molecule has 1 saturated heterocycles. The minimum absolute atomic E-state index is 0.746. The molecule has 0 amide bonds. The van der Waals surface area contributed by atoms with Gasteiger partial charge >= 0.3 is 0 Å². The predicted octanol–water partition coefficient (Wildman–Crippen LogP) is 2.51. The highest BCUT2D eigenvalue weighted by atomic mass is 16.5. The minimum Gasteiger partial charge on any atom is -0.383 e. The summed E-state index contributed by atoms with van der Waals surface area (Å²) in [6.45, 7) is 10.2. The van der Waals surface area contributed by atoms with E-state index in [0.717, 1.165) is 31.7 Å². The minimum atomic E-state index is 0.746. The van der Waals surface area contributed by atoms with Gasteiger partial charge < -0.3 is 10.1 Å². The molecule has 18 heavy (non-hydrogen) atoms. The molecule has 0 spiro atoms. The first kappa shape index (κ1) is 15.9. The monoisotopic (exact) mass is 256 g/mol. The van der Waals surface area contributed by atoms with E-state index in [1.165, 1.54) is 45.2 Å². The van der Waals surface area contributed by atoms with E-state index in [4.69, 9.17) is 4.74 Å². The van der Waals surface area contributed by atoms with Gasteiger partial charge in [0.15, 0.2) is 0 Å². The van der Waals surface area contributed by atoms with Crippen LogP contribution in [0.4, 0.5) is 0 Å². The van der Waals surface area contributed by atoms with Gasteiger partial charge in [0.1, 0.15) is 0 Å². The van der Waals surface area contributed by atoms with Crippen LogP contribution in [0.2, 0.25) is 0 Å². The number of likely N-dealkylation sites (tertiary alicyclic amines) is 1. The lowest BCUT2D eigenvalue weighted by molar-refractivity contribution is 0.117. The van der Waals surface area contributed by atoms with Crippen LogP contribution in [0.15, 0.2) is 0 Å². The van der Waals surface area contributed by atoms with Crippen LogP contribution in [0.1, 0.15) is 46.0 Å². The summed E-state index contributed by atoms with van der Waals surface area (Å²) in [7, 11) is 1.77. The van der Waals surface area contributed by atoms with Crippen LogP contribution in [0, 0.1) is 5.92 Å². The molecule has 0 radical (unpaired) electrons. The fourth-order valence-electron chi connectivity index (χ4n) is 2.85. The number of hydrogen-bond acceptors (Lipinski definition) is 3. The highest BCUT2D eigenvalue weighted by Crippen LogP contribution is 2.20. The predicted molar refractivity (Wildman–Crippen MR) is 78.0 cm³/mol. The molecule has 1 N–H and O–H groups in total. The molecule has 1 rings (SSSR count). The lowest BCUT2D eigenvalue weighted by Gasteiger charge is -2.38. The molecule has 0 saturated carbocycles. The number of ether oxygens (including phenoxy) is 1. The van der Waals surface area contributed by atoms with Crippen molar-refractivity contribution in [1.82, 2.24) is 10.2 Å². The Hall–Kier alpha value is -0.120. The summed E-state index contributed by atoms with van der Waals surface area (Å²) in [6, 6.07) is 0.746. The van der Waals surface area contributed by atoms with Crippen molar-refractivity contribution in [2.75, 3.05) is 39.9 Å². The number of piperidine rings is 1. The van der Waals surface area contributed by atoms with Crippen molar-refractivity contribution in [2.45, 2.75) is 52.0 Å². The van der Waals surface area contributed by atoms with Gasteiger partial charge in [-0.25, -0.2) is 0 Å². The Kier molecular flexibility index (Phi) is 8.64. The largest absolute Gasteiger partial charge is 0.383 e. The second-order valence-corrected chi connectivity index (χ2v) is 5.52. The zero-order valence-electron chi connectivity index (χ0n) is 12.6. The summed E-state index contributed by atoms with van der Waals surface area (Å²) in [5.74, 6) is 0.879. The number of methoxy groups -OCH3 is 1. The van der Waals surface area contributed by atoms with Crippen molar-refractivity contribution in [3.8, 4) is 0 Å². The summed E-state index contributed by atoms with van der Waals surface area (Å²) in [5.41, 5.74) is 0. The average Bonchev–Trinajstić information content (AvgIpc) is 2.42. The number of hydrogen-bond donors (Lipinski definition) is 1. The Morgan fingerprint density at radius 2 is 2.06 bits per heavy atom. The molecule has 0 aliphatic carbocycles. The Morgan fingerprint density at radius 3 is 2.72 bits per heavy atom. The van der Waals surface area contributed by atoms with Gasteiger partial charge in [0.2, 0.25) is 0 Å². The summed E-state index contributed by atoms with van der Waals surface area (Å²) >= 11 is 0. The third-order valence-corrected chi connectivity index (χ3v) is 4.26. The topological polar surface area (TPSA) is 24.5 Å². The Balaban J connectivity index is 2.31. The van der Waals surface area contributed by atoms with Gasteiger partial charge in [-0.05, 0) is 25.3 Å². The van der Waals surface area contributed by atoms with Crippen molar-refractivity contribution in [3.63, 3.8) is 0 Å². The summed E-state index contributed by atoms with van der Waals surface area (Å²) < 4.78 is 5.08. The molecule has 1 aliphatic rings. The third kappa shape index (κ3) is 5.68. The first-order chi connectivity index (χ1) is 8.81. The first-order valence-corrected chi connectivity index (χ1v) is 7.75. The third-order valence-electron chi connectivity index (χ3n) is 4.26. The van der Waals surface area contributed by atoms with Crippen LogP contribution in [-0.2, 0) is 4.74 Å². The van der Waals surface area contributed by atoms with Crippen molar-refractivity contribution < 1.29 is 4.74 Å². The lowest BCUT2D eigenvalue weighted by atomic mass is 9.97. The van der Waals surface area contributed by atoms with E-state index < -0.39 is 0 Å². The van der Waals surface area contributed by atoms with E-state index in [1.54, 1.807) is 7.11 Å². The molecule has 3 nitrogen and oxygen atoms in total. The van der Waals surface area contributed by atoms with E-state index >= 15 is 0 Å². The molecule has 1 atom stereocenters. The fraction of sp³-hybridized carbons (Fsp3) is 1.00. The van der Waals surface area contributed by atoms with Gasteiger partial charge in [-0.3, -0.25) is 4.90 Å². The molecule has 0 bridgehead atoms. The number of nitrogens with zero attached hydrogens (tertiary/aromatic N) is 1. The maximum atomic E-state index is 5.08. The molecule has 1 unspecified atom stereocenters. The van der Waals surface area contributed by atoms with E-state index in [1.807, 2.05) is 0 Å². The molecule has 1 heterocycles. The van der Waals surface area contributed by atoms with Crippen LogP contribution in [-0.4, -0.2) is 50.8 Å². The molecule has 1 aliphatic heterocycles. The quantitative estimate of drug-likeness (QED) is 0.642. The Morgan fingerprint density at radius 1 is 1.28 bits per heavy atom. The van der Waals surface area contributed by atoms with Gasteiger partial charge in [0.25, 0.3) is 0 Å². The zero-order chi connectivity index (χ0) is 13.2. The second kappa shape index (κ2) is 9.76. The second-order valence-electron chi connectivity index (χ2n) is 5.52. The maximum absolute atomic E-state index is 5.08. The van der Waals surface area contributed by atoms with Crippen LogP contribution in [0.5, 0.6) is 0 Å². The van der Waals surface area contributed by atoms with Crippen molar-refractivity contribution >= 4 is 0 Å². The molecular formula is C15H32N2O. The van der Waals surface area contributed by atoms with Gasteiger partial charge in [0, 0.05) is 32.8 Å². The Labute approximate surface area is 113 Å². The smallest absolute Gasteiger partial charge is 0.0587 e. The van der Waals surface area contributed by atoms with Crippen molar-refractivity contribution in [1.29, 1.82) is 0 Å². The molecule has 0 aromatic heterocycles. The first-order valence-electron chi connectivity index (χ1n) is 7.75. The highest BCUT2D eigenvalue weighted by Gasteiger charge is 2.23. The van der Waals surface area contributed by atoms with E-state index in [0.29, 0.717) is 0 Å². The zero-order valence-corrected chi connectivity index (χ0v) is 12.6. The number of rotatable bonds is 9. The molecule has 0 aromatic carbocycles. The summed E-state index contributed by atoms with van der Waals surface area (Å²) in [5, 5.41) is 3.53. The molecular weight excluding hydrogens is 224 g/mol.